The van der Waals surface area contributed by atoms with Crippen molar-refractivity contribution in [2.75, 3.05) is 5.32 Å². The Morgan fingerprint density at radius 1 is 1.30 bits per heavy atom. The maximum atomic E-state index is 12.0. The van der Waals surface area contributed by atoms with Crippen molar-refractivity contribution < 1.29 is 18.4 Å². The summed E-state index contributed by atoms with van der Waals surface area (Å²) in [7, 11) is -3.73. The van der Waals surface area contributed by atoms with Crippen molar-refractivity contribution in [3.8, 4) is 0 Å². The molecule has 108 valence electrons. The molecule has 0 spiro atoms. The zero-order valence-electron chi connectivity index (χ0n) is 11.4. The molecule has 6 heteroatoms. The molecule has 0 saturated carbocycles. The van der Waals surface area contributed by atoms with Gasteiger partial charge >= 0.3 is 7.60 Å². The Kier molecular flexibility index (Phi) is 4.65. The van der Waals surface area contributed by atoms with Gasteiger partial charge in [-0.15, -0.1) is 0 Å². The molecule has 0 fully saturated rings. The molecule has 2 aromatic rings. The van der Waals surface area contributed by atoms with E-state index in [1.807, 2.05) is 12.1 Å². The van der Waals surface area contributed by atoms with Gasteiger partial charge in [0.25, 0.3) is 0 Å². The van der Waals surface area contributed by atoms with Gasteiger partial charge in [-0.05, 0) is 50.2 Å². The SMILES string of the molecule is CC(C)OP(=O)(O)c1ccc(NCc2ccco2)cc1. The molecule has 1 heterocycles. The fraction of sp³-hybridized carbons (Fsp3) is 0.286. The van der Waals surface area contributed by atoms with Crippen LogP contribution in [0.25, 0.3) is 0 Å². The summed E-state index contributed by atoms with van der Waals surface area (Å²) in [6.07, 6.45) is 1.31. The quantitative estimate of drug-likeness (QED) is 0.801. The minimum absolute atomic E-state index is 0.287. The first-order valence-corrected chi connectivity index (χ1v) is 7.93. The molecule has 2 rings (SSSR count). The second-order valence-corrected chi connectivity index (χ2v) is 6.42. The third-order valence-electron chi connectivity index (χ3n) is 2.59. The molecular formula is C14H18NO4P. The summed E-state index contributed by atoms with van der Waals surface area (Å²) >= 11 is 0. The molecule has 1 atom stereocenters. The summed E-state index contributed by atoms with van der Waals surface area (Å²) in [4.78, 5) is 9.83. The van der Waals surface area contributed by atoms with E-state index in [-0.39, 0.29) is 11.4 Å². The predicted octanol–water partition coefficient (Wildman–Crippen LogP) is 3.13. The van der Waals surface area contributed by atoms with E-state index >= 15 is 0 Å². The van der Waals surface area contributed by atoms with Crippen molar-refractivity contribution in [3.05, 3.63) is 48.4 Å². The third-order valence-corrected chi connectivity index (χ3v) is 4.25. The van der Waals surface area contributed by atoms with Gasteiger partial charge in [0.15, 0.2) is 0 Å². The van der Waals surface area contributed by atoms with E-state index < -0.39 is 7.60 Å². The van der Waals surface area contributed by atoms with Crippen LogP contribution in [0.15, 0.2) is 47.1 Å². The lowest BCUT2D eigenvalue weighted by Gasteiger charge is -2.15. The molecule has 1 unspecified atom stereocenters. The van der Waals surface area contributed by atoms with Crippen LogP contribution in [0.4, 0.5) is 5.69 Å². The zero-order valence-corrected chi connectivity index (χ0v) is 12.3. The maximum absolute atomic E-state index is 12.0. The van der Waals surface area contributed by atoms with Crippen molar-refractivity contribution >= 4 is 18.6 Å². The first-order valence-electron chi connectivity index (χ1n) is 6.35. The number of hydrogen-bond acceptors (Lipinski definition) is 4. The number of anilines is 1. The predicted molar refractivity (Wildman–Crippen MR) is 78.2 cm³/mol. The Morgan fingerprint density at radius 3 is 2.55 bits per heavy atom. The van der Waals surface area contributed by atoms with E-state index in [0.29, 0.717) is 6.54 Å². The number of rotatable bonds is 6. The fourth-order valence-corrected chi connectivity index (χ4v) is 2.94. The van der Waals surface area contributed by atoms with Crippen molar-refractivity contribution in [1.82, 2.24) is 0 Å². The van der Waals surface area contributed by atoms with Gasteiger partial charge in [-0.1, -0.05) is 0 Å². The van der Waals surface area contributed by atoms with Gasteiger partial charge < -0.3 is 19.2 Å². The van der Waals surface area contributed by atoms with Crippen LogP contribution in [0, 0.1) is 0 Å². The first-order chi connectivity index (χ1) is 9.47. The number of furan rings is 1. The van der Waals surface area contributed by atoms with E-state index in [0.717, 1.165) is 11.4 Å². The summed E-state index contributed by atoms with van der Waals surface area (Å²) in [5, 5.41) is 3.45. The van der Waals surface area contributed by atoms with Crippen molar-refractivity contribution in [1.29, 1.82) is 0 Å². The van der Waals surface area contributed by atoms with Crippen LogP contribution in [-0.4, -0.2) is 11.0 Å². The minimum Gasteiger partial charge on any atom is -0.467 e. The number of hydrogen-bond donors (Lipinski definition) is 2. The van der Waals surface area contributed by atoms with E-state index in [1.165, 1.54) is 0 Å². The number of nitrogens with one attached hydrogen (secondary N) is 1. The summed E-state index contributed by atoms with van der Waals surface area (Å²) in [6.45, 7) is 4.01. The molecule has 0 aliphatic rings. The highest BCUT2D eigenvalue weighted by atomic mass is 31.2. The van der Waals surface area contributed by atoms with E-state index in [4.69, 9.17) is 8.94 Å². The second-order valence-electron chi connectivity index (χ2n) is 4.65. The summed E-state index contributed by atoms with van der Waals surface area (Å²) in [5.74, 6) is 0.824. The Morgan fingerprint density at radius 2 is 2.00 bits per heavy atom. The highest BCUT2D eigenvalue weighted by Gasteiger charge is 2.23. The van der Waals surface area contributed by atoms with E-state index in [2.05, 4.69) is 5.32 Å². The van der Waals surface area contributed by atoms with Crippen molar-refractivity contribution in [2.24, 2.45) is 0 Å². The third kappa shape index (κ3) is 3.97. The Labute approximate surface area is 118 Å². The van der Waals surface area contributed by atoms with Gasteiger partial charge in [-0.25, -0.2) is 0 Å². The lowest BCUT2D eigenvalue weighted by molar-refractivity contribution is 0.212. The summed E-state index contributed by atoms with van der Waals surface area (Å²) in [5.41, 5.74) is 0.842. The van der Waals surface area contributed by atoms with Gasteiger partial charge in [0.1, 0.15) is 5.76 Å². The van der Waals surface area contributed by atoms with Gasteiger partial charge in [-0.2, -0.15) is 0 Å². The largest absolute Gasteiger partial charge is 0.467 e. The van der Waals surface area contributed by atoms with Crippen LogP contribution in [0.3, 0.4) is 0 Å². The zero-order chi connectivity index (χ0) is 14.6. The van der Waals surface area contributed by atoms with Crippen LogP contribution in [0.1, 0.15) is 19.6 Å². The van der Waals surface area contributed by atoms with Gasteiger partial charge in [-0.3, -0.25) is 4.57 Å². The van der Waals surface area contributed by atoms with E-state index in [1.54, 1.807) is 44.4 Å². The molecule has 2 N–H and O–H groups in total. The molecule has 0 saturated heterocycles. The van der Waals surface area contributed by atoms with Crippen molar-refractivity contribution in [2.45, 2.75) is 26.5 Å². The average Bonchev–Trinajstić information content (AvgIpc) is 2.88. The molecular weight excluding hydrogens is 277 g/mol. The standard InChI is InChI=1S/C14H18NO4P/c1-11(2)19-20(16,17)14-7-5-12(6-8-14)15-10-13-4-3-9-18-13/h3-9,11,15H,10H2,1-2H3,(H,16,17). The van der Waals surface area contributed by atoms with Crippen LogP contribution >= 0.6 is 7.60 Å². The van der Waals surface area contributed by atoms with Crippen LogP contribution in [0.5, 0.6) is 0 Å². The monoisotopic (exact) mass is 295 g/mol. The normalized spacial score (nSPS) is 14.2. The average molecular weight is 295 g/mol. The van der Waals surface area contributed by atoms with E-state index in [9.17, 15) is 9.46 Å². The number of benzene rings is 1. The van der Waals surface area contributed by atoms with Crippen LogP contribution in [0.2, 0.25) is 0 Å². The first kappa shape index (κ1) is 14.9. The molecule has 0 bridgehead atoms. The molecule has 5 nitrogen and oxygen atoms in total. The molecule has 0 radical (unpaired) electrons. The summed E-state index contributed by atoms with van der Waals surface area (Å²) in [6, 6.07) is 10.4. The van der Waals surface area contributed by atoms with Gasteiger partial charge in [0, 0.05) is 5.69 Å². The van der Waals surface area contributed by atoms with Gasteiger partial charge in [0.2, 0.25) is 0 Å². The molecule has 1 aromatic heterocycles. The molecule has 20 heavy (non-hydrogen) atoms. The molecule has 0 aliphatic carbocycles. The molecule has 0 amide bonds. The lowest BCUT2D eigenvalue weighted by Crippen LogP contribution is -2.11. The highest BCUT2D eigenvalue weighted by molar-refractivity contribution is 7.61. The Balaban J connectivity index is 2.00. The highest BCUT2D eigenvalue weighted by Crippen LogP contribution is 2.42. The minimum atomic E-state index is -3.73. The Hall–Kier alpha value is -1.55. The van der Waals surface area contributed by atoms with Gasteiger partial charge in [0.05, 0.1) is 24.2 Å². The molecule has 1 aromatic carbocycles. The summed E-state index contributed by atoms with van der Waals surface area (Å²) < 4.78 is 22.2. The van der Waals surface area contributed by atoms with Crippen LogP contribution in [-0.2, 0) is 15.6 Å². The molecule has 0 aliphatic heterocycles. The maximum Gasteiger partial charge on any atom is 0.359 e. The van der Waals surface area contributed by atoms with Crippen molar-refractivity contribution in [3.63, 3.8) is 0 Å². The second kappa shape index (κ2) is 6.27. The Bertz CT molecular complexity index is 578. The smallest absolute Gasteiger partial charge is 0.359 e. The van der Waals surface area contributed by atoms with Crippen LogP contribution < -0.4 is 10.6 Å². The lowest BCUT2D eigenvalue weighted by atomic mass is 10.3. The fourth-order valence-electron chi connectivity index (χ4n) is 1.72. The topological polar surface area (TPSA) is 71.7 Å².